The fraction of sp³-hybridized carbons (Fsp3) is 0.533. The third-order valence-corrected chi connectivity index (χ3v) is 4.48. The van der Waals surface area contributed by atoms with Crippen LogP contribution in [0.25, 0.3) is 0 Å². The van der Waals surface area contributed by atoms with Gasteiger partial charge in [0.1, 0.15) is 0 Å². The summed E-state index contributed by atoms with van der Waals surface area (Å²) in [5.74, 6) is 1.35. The molecule has 0 radical (unpaired) electrons. The monoisotopic (exact) mass is 259 g/mol. The zero-order valence-corrected chi connectivity index (χ0v) is 11.1. The van der Waals surface area contributed by atoms with Crippen LogP contribution in [0.4, 0.5) is 5.69 Å². The number of hydrogen-bond acceptors (Lipinski definition) is 3. The Bertz CT molecular complexity index is 448. The molecule has 1 aromatic rings. The van der Waals surface area contributed by atoms with Crippen LogP contribution < -0.4 is 11.1 Å². The number of anilines is 1. The molecule has 3 atom stereocenters. The van der Waals surface area contributed by atoms with Gasteiger partial charge in [-0.25, -0.2) is 0 Å². The highest BCUT2D eigenvalue weighted by Gasteiger charge is 2.42. The van der Waals surface area contributed by atoms with E-state index in [-0.39, 0.29) is 5.91 Å². The van der Waals surface area contributed by atoms with Crippen LogP contribution in [0.1, 0.15) is 12.8 Å². The van der Waals surface area contributed by atoms with E-state index in [0.717, 1.165) is 25.2 Å². The number of rotatable bonds is 3. The van der Waals surface area contributed by atoms with Crippen LogP contribution >= 0.6 is 0 Å². The molecule has 1 amide bonds. The molecule has 3 N–H and O–H groups in total. The second kappa shape index (κ2) is 5.21. The van der Waals surface area contributed by atoms with Crippen molar-refractivity contribution in [3.05, 3.63) is 30.3 Å². The van der Waals surface area contributed by atoms with Gasteiger partial charge >= 0.3 is 0 Å². The summed E-state index contributed by atoms with van der Waals surface area (Å²) in [5.41, 5.74) is 7.09. The van der Waals surface area contributed by atoms with Gasteiger partial charge in [0, 0.05) is 24.8 Å². The molecule has 102 valence electrons. The molecule has 0 spiro atoms. The average molecular weight is 259 g/mol. The van der Waals surface area contributed by atoms with E-state index >= 15 is 0 Å². The number of benzene rings is 1. The zero-order chi connectivity index (χ0) is 13.2. The maximum atomic E-state index is 12.2. The number of para-hydroxylation sites is 1. The number of fused-ring (bicyclic) bond motifs is 1. The van der Waals surface area contributed by atoms with Crippen molar-refractivity contribution in [2.24, 2.45) is 17.6 Å². The lowest BCUT2D eigenvalue weighted by molar-refractivity contribution is -0.128. The third kappa shape index (κ3) is 2.59. The predicted molar refractivity (Wildman–Crippen MR) is 75.7 cm³/mol. The van der Waals surface area contributed by atoms with Crippen molar-refractivity contribution in [2.75, 3.05) is 25.0 Å². The number of carbonyl (C=O) groups excluding carboxylic acids is 1. The maximum Gasteiger partial charge on any atom is 0.241 e. The van der Waals surface area contributed by atoms with Crippen molar-refractivity contribution in [2.45, 2.75) is 18.9 Å². The highest BCUT2D eigenvalue weighted by Crippen LogP contribution is 2.37. The van der Waals surface area contributed by atoms with E-state index in [0.29, 0.717) is 24.4 Å². The van der Waals surface area contributed by atoms with E-state index in [1.165, 1.54) is 6.42 Å². The van der Waals surface area contributed by atoms with Gasteiger partial charge in [-0.2, -0.15) is 0 Å². The maximum absolute atomic E-state index is 12.2. The summed E-state index contributed by atoms with van der Waals surface area (Å²) in [4.78, 5) is 14.2. The van der Waals surface area contributed by atoms with E-state index in [2.05, 4.69) is 5.32 Å². The van der Waals surface area contributed by atoms with E-state index in [9.17, 15) is 4.79 Å². The van der Waals surface area contributed by atoms with Gasteiger partial charge in [0.15, 0.2) is 0 Å². The molecule has 4 heteroatoms. The van der Waals surface area contributed by atoms with Gasteiger partial charge in [-0.3, -0.25) is 4.79 Å². The van der Waals surface area contributed by atoms with E-state index < -0.39 is 0 Å². The van der Waals surface area contributed by atoms with E-state index in [1.807, 2.05) is 35.2 Å². The topological polar surface area (TPSA) is 58.4 Å². The second-order valence-corrected chi connectivity index (χ2v) is 5.68. The van der Waals surface area contributed by atoms with Gasteiger partial charge in [0.05, 0.1) is 6.54 Å². The molecule has 19 heavy (non-hydrogen) atoms. The molecular formula is C15H21N3O. The van der Waals surface area contributed by atoms with Gasteiger partial charge in [0.2, 0.25) is 5.91 Å². The second-order valence-electron chi connectivity index (χ2n) is 5.68. The van der Waals surface area contributed by atoms with Crippen molar-refractivity contribution < 1.29 is 4.79 Å². The number of nitrogens with two attached hydrogens (primary N) is 1. The SMILES string of the molecule is NC1CCC2CN(C(=O)CNc3ccccc3)CC12. The molecule has 1 aliphatic carbocycles. The summed E-state index contributed by atoms with van der Waals surface area (Å²) in [6, 6.07) is 10.1. The minimum atomic E-state index is 0.186. The van der Waals surface area contributed by atoms with Gasteiger partial charge in [-0.05, 0) is 36.8 Å². The summed E-state index contributed by atoms with van der Waals surface area (Å²) in [7, 11) is 0. The molecule has 2 aliphatic rings. The lowest BCUT2D eigenvalue weighted by Gasteiger charge is -2.19. The molecule has 1 aliphatic heterocycles. The lowest BCUT2D eigenvalue weighted by atomic mass is 9.98. The first-order chi connectivity index (χ1) is 9.24. The number of nitrogens with zero attached hydrogens (tertiary/aromatic N) is 1. The molecule has 1 saturated heterocycles. The summed E-state index contributed by atoms with van der Waals surface area (Å²) < 4.78 is 0. The van der Waals surface area contributed by atoms with Crippen molar-refractivity contribution in [1.29, 1.82) is 0 Å². The van der Waals surface area contributed by atoms with Gasteiger partial charge in [0.25, 0.3) is 0 Å². The quantitative estimate of drug-likeness (QED) is 0.860. The Morgan fingerprint density at radius 2 is 2.05 bits per heavy atom. The molecule has 4 nitrogen and oxygen atoms in total. The molecule has 3 rings (SSSR count). The minimum absolute atomic E-state index is 0.186. The van der Waals surface area contributed by atoms with Gasteiger partial charge in [-0.15, -0.1) is 0 Å². The third-order valence-electron chi connectivity index (χ3n) is 4.48. The first kappa shape index (κ1) is 12.5. The first-order valence-electron chi connectivity index (χ1n) is 7.06. The Hall–Kier alpha value is -1.55. The molecule has 3 unspecified atom stereocenters. The Morgan fingerprint density at radius 3 is 2.79 bits per heavy atom. The van der Waals surface area contributed by atoms with Crippen LogP contribution in [0, 0.1) is 11.8 Å². The highest BCUT2D eigenvalue weighted by atomic mass is 16.2. The standard InChI is InChI=1S/C15H21N3O/c16-14-7-6-11-9-18(10-13(11)14)15(19)8-17-12-4-2-1-3-5-12/h1-5,11,13-14,17H,6-10,16H2. The highest BCUT2D eigenvalue weighted by molar-refractivity contribution is 5.81. The number of hydrogen-bond donors (Lipinski definition) is 2. The summed E-state index contributed by atoms with van der Waals surface area (Å²) in [5, 5.41) is 3.18. The average Bonchev–Trinajstić information content (AvgIpc) is 3.00. The Morgan fingerprint density at radius 1 is 1.26 bits per heavy atom. The first-order valence-corrected chi connectivity index (χ1v) is 7.06. The Balaban J connectivity index is 1.52. The molecule has 1 saturated carbocycles. The van der Waals surface area contributed by atoms with Crippen molar-refractivity contribution in [1.82, 2.24) is 4.90 Å². The fourth-order valence-corrected chi connectivity index (χ4v) is 3.36. The Labute approximate surface area is 114 Å². The van der Waals surface area contributed by atoms with Gasteiger partial charge in [-0.1, -0.05) is 18.2 Å². The molecule has 1 aromatic carbocycles. The lowest BCUT2D eigenvalue weighted by Crippen LogP contribution is -2.36. The van der Waals surface area contributed by atoms with Crippen LogP contribution in [0.15, 0.2) is 30.3 Å². The number of amides is 1. The predicted octanol–water partition coefficient (Wildman–Crippen LogP) is 1.29. The van der Waals surface area contributed by atoms with Crippen LogP contribution in [-0.2, 0) is 4.79 Å². The molecule has 0 aromatic heterocycles. The smallest absolute Gasteiger partial charge is 0.241 e. The van der Waals surface area contributed by atoms with E-state index in [1.54, 1.807) is 0 Å². The number of carbonyl (C=O) groups is 1. The molecule has 2 fully saturated rings. The van der Waals surface area contributed by atoms with Crippen molar-refractivity contribution in [3.8, 4) is 0 Å². The Kier molecular flexibility index (Phi) is 3.42. The summed E-state index contributed by atoms with van der Waals surface area (Å²) >= 11 is 0. The summed E-state index contributed by atoms with van der Waals surface area (Å²) in [6.45, 7) is 2.12. The van der Waals surface area contributed by atoms with Crippen LogP contribution in [-0.4, -0.2) is 36.5 Å². The summed E-state index contributed by atoms with van der Waals surface area (Å²) in [6.07, 6.45) is 2.31. The normalized spacial score (nSPS) is 29.3. The number of nitrogens with one attached hydrogen (secondary N) is 1. The van der Waals surface area contributed by atoms with Crippen molar-refractivity contribution >= 4 is 11.6 Å². The van der Waals surface area contributed by atoms with Crippen LogP contribution in [0.2, 0.25) is 0 Å². The van der Waals surface area contributed by atoms with Crippen molar-refractivity contribution in [3.63, 3.8) is 0 Å². The fourth-order valence-electron chi connectivity index (χ4n) is 3.36. The van der Waals surface area contributed by atoms with E-state index in [4.69, 9.17) is 5.73 Å². The van der Waals surface area contributed by atoms with Gasteiger partial charge < -0.3 is 16.0 Å². The largest absolute Gasteiger partial charge is 0.376 e. The van der Waals surface area contributed by atoms with Crippen LogP contribution in [0.5, 0.6) is 0 Å². The van der Waals surface area contributed by atoms with Crippen LogP contribution in [0.3, 0.4) is 0 Å². The zero-order valence-electron chi connectivity index (χ0n) is 11.1. The molecule has 0 bridgehead atoms. The number of likely N-dealkylation sites (tertiary alicyclic amines) is 1. The minimum Gasteiger partial charge on any atom is -0.376 e. The molecule has 1 heterocycles. The molecular weight excluding hydrogens is 238 g/mol.